The summed E-state index contributed by atoms with van der Waals surface area (Å²) in [5.74, 6) is 3.37. The number of methoxy groups -OCH3 is 2. The monoisotopic (exact) mass is 470 g/mol. The van der Waals surface area contributed by atoms with Crippen LogP contribution in [0.4, 0.5) is 0 Å². The summed E-state index contributed by atoms with van der Waals surface area (Å²) in [4.78, 5) is 7.04. The van der Waals surface area contributed by atoms with Gasteiger partial charge in [0.2, 0.25) is 0 Å². The number of nitrogens with zero attached hydrogens (tertiary/aromatic N) is 3. The lowest BCUT2D eigenvalue weighted by atomic mass is 10.0. The van der Waals surface area contributed by atoms with Crippen LogP contribution in [0.15, 0.2) is 70.8 Å². The smallest absolute Gasteiger partial charge is 0.157 e. The third-order valence-electron chi connectivity index (χ3n) is 6.67. The number of hydrazine groups is 1. The number of ether oxygens (including phenoxy) is 2. The van der Waals surface area contributed by atoms with E-state index in [1.807, 2.05) is 50.4 Å². The highest BCUT2D eigenvalue weighted by atomic mass is 16.5. The lowest BCUT2D eigenvalue weighted by molar-refractivity contribution is 0.354. The van der Waals surface area contributed by atoms with E-state index in [0.29, 0.717) is 0 Å². The molecular weight excluding hydrogens is 440 g/mol. The van der Waals surface area contributed by atoms with Gasteiger partial charge in [-0.25, -0.2) is 10.4 Å². The van der Waals surface area contributed by atoms with Crippen molar-refractivity contribution >= 4 is 11.7 Å². The molecule has 2 aliphatic heterocycles. The van der Waals surface area contributed by atoms with Crippen LogP contribution in [0.3, 0.4) is 0 Å². The molecule has 0 bridgehead atoms. The van der Waals surface area contributed by atoms with Crippen LogP contribution < -0.4 is 25.8 Å². The Labute approximate surface area is 205 Å². The molecule has 5 rings (SSSR count). The van der Waals surface area contributed by atoms with Gasteiger partial charge < -0.3 is 19.8 Å². The molecule has 0 amide bonds. The number of benzene rings is 3. The zero-order valence-electron chi connectivity index (χ0n) is 20.6. The zero-order chi connectivity index (χ0) is 24.5. The third-order valence-corrected chi connectivity index (χ3v) is 6.67. The number of amidine groups is 2. The Morgan fingerprint density at radius 1 is 0.829 bits per heavy atom. The molecule has 35 heavy (non-hydrogen) atoms. The summed E-state index contributed by atoms with van der Waals surface area (Å²) in [6, 6.07) is 20.3. The maximum Gasteiger partial charge on any atom is 0.157 e. The Hall–Kier alpha value is -4.04. The van der Waals surface area contributed by atoms with Crippen LogP contribution in [0.1, 0.15) is 45.7 Å². The van der Waals surface area contributed by atoms with Crippen LogP contribution in [0.2, 0.25) is 0 Å². The minimum atomic E-state index is -0.197. The highest BCUT2D eigenvalue weighted by Crippen LogP contribution is 2.31. The molecule has 3 N–H and O–H groups in total. The Bertz CT molecular complexity index is 1320. The Balaban J connectivity index is 1.39. The standard InChI is InChI=1S/C27H30N6O2/c1-16-20(11-7-13-22(16)34-4)25-28-24(29-30-25)18-9-6-10-19(15-18)26-31-32-27(33(26)3)21-12-8-14-23(35-5)17(21)2/h6-15,25,27,30,32H,1-5H3,(H,28,29). The molecule has 0 saturated heterocycles. The van der Waals surface area contributed by atoms with Crippen LogP contribution >= 0.6 is 0 Å². The number of hydrogen-bond donors (Lipinski definition) is 3. The third kappa shape index (κ3) is 4.06. The second kappa shape index (κ2) is 9.31. The molecule has 2 unspecified atom stereocenters. The normalized spacial score (nSPS) is 19.1. The van der Waals surface area contributed by atoms with Crippen molar-refractivity contribution < 1.29 is 9.47 Å². The van der Waals surface area contributed by atoms with Gasteiger partial charge in [-0.15, -0.1) is 0 Å². The van der Waals surface area contributed by atoms with Crippen molar-refractivity contribution in [2.24, 2.45) is 10.1 Å². The average molecular weight is 471 g/mol. The topological polar surface area (TPSA) is 82.5 Å². The van der Waals surface area contributed by atoms with Gasteiger partial charge in [0.25, 0.3) is 0 Å². The quantitative estimate of drug-likeness (QED) is 0.509. The molecule has 0 spiro atoms. The number of nitrogens with one attached hydrogen (secondary N) is 3. The first-order chi connectivity index (χ1) is 17.0. The van der Waals surface area contributed by atoms with Crippen LogP contribution in [-0.4, -0.2) is 37.8 Å². The maximum absolute atomic E-state index is 5.51. The molecule has 3 aromatic carbocycles. The molecule has 0 fully saturated rings. The van der Waals surface area contributed by atoms with E-state index in [-0.39, 0.29) is 12.3 Å². The highest BCUT2D eigenvalue weighted by Gasteiger charge is 2.29. The number of hydrogen-bond acceptors (Lipinski definition) is 8. The van der Waals surface area contributed by atoms with Gasteiger partial charge in [0.1, 0.15) is 29.7 Å². The number of aliphatic imine (C=N–C) groups is 1. The van der Waals surface area contributed by atoms with Crippen LogP contribution in [0, 0.1) is 13.8 Å². The van der Waals surface area contributed by atoms with Crippen molar-refractivity contribution in [3.8, 4) is 11.5 Å². The fourth-order valence-corrected chi connectivity index (χ4v) is 4.68. The minimum absolute atomic E-state index is 0.0761. The molecule has 0 radical (unpaired) electrons. The molecule has 0 saturated carbocycles. The van der Waals surface area contributed by atoms with E-state index in [4.69, 9.17) is 14.5 Å². The summed E-state index contributed by atoms with van der Waals surface area (Å²) in [6.45, 7) is 4.12. The largest absolute Gasteiger partial charge is 0.496 e. The van der Waals surface area contributed by atoms with Gasteiger partial charge in [0.05, 0.1) is 14.2 Å². The van der Waals surface area contributed by atoms with Crippen molar-refractivity contribution in [3.63, 3.8) is 0 Å². The highest BCUT2D eigenvalue weighted by molar-refractivity contribution is 6.04. The van der Waals surface area contributed by atoms with Gasteiger partial charge in [-0.05, 0) is 48.7 Å². The van der Waals surface area contributed by atoms with Gasteiger partial charge >= 0.3 is 0 Å². The summed E-state index contributed by atoms with van der Waals surface area (Å²) < 4.78 is 11.0. The predicted molar refractivity (Wildman–Crippen MR) is 138 cm³/mol. The molecule has 0 aromatic heterocycles. The van der Waals surface area contributed by atoms with Crippen LogP contribution in [0.5, 0.6) is 11.5 Å². The molecule has 180 valence electrons. The minimum Gasteiger partial charge on any atom is -0.496 e. The van der Waals surface area contributed by atoms with E-state index in [1.165, 1.54) is 0 Å². The average Bonchev–Trinajstić information content (AvgIpc) is 3.52. The Morgan fingerprint density at radius 3 is 2.17 bits per heavy atom. The zero-order valence-corrected chi connectivity index (χ0v) is 20.6. The Kier molecular flexibility index (Phi) is 6.05. The fraction of sp³-hybridized carbons (Fsp3) is 0.259. The van der Waals surface area contributed by atoms with E-state index < -0.39 is 0 Å². The van der Waals surface area contributed by atoms with Gasteiger partial charge in [-0.2, -0.15) is 5.10 Å². The van der Waals surface area contributed by atoms with Gasteiger partial charge in [-0.1, -0.05) is 42.5 Å². The van der Waals surface area contributed by atoms with E-state index in [2.05, 4.69) is 57.5 Å². The number of rotatable bonds is 6. The van der Waals surface area contributed by atoms with Crippen LogP contribution in [-0.2, 0) is 0 Å². The summed E-state index contributed by atoms with van der Waals surface area (Å²) in [5, 5.41) is 4.66. The summed E-state index contributed by atoms with van der Waals surface area (Å²) in [6.07, 6.45) is -0.273. The Morgan fingerprint density at radius 2 is 1.46 bits per heavy atom. The van der Waals surface area contributed by atoms with Crippen LogP contribution in [0.25, 0.3) is 0 Å². The first kappa shape index (κ1) is 22.7. The number of hydrazone groups is 1. The lowest BCUT2D eigenvalue weighted by Crippen LogP contribution is -2.32. The second-order valence-electron chi connectivity index (χ2n) is 8.66. The van der Waals surface area contributed by atoms with Gasteiger partial charge in [0.15, 0.2) is 5.84 Å². The molecule has 2 aliphatic rings. The summed E-state index contributed by atoms with van der Waals surface area (Å²) >= 11 is 0. The van der Waals surface area contributed by atoms with E-state index in [1.54, 1.807) is 14.2 Å². The molecule has 2 atom stereocenters. The lowest BCUT2D eigenvalue weighted by Gasteiger charge is -2.25. The first-order valence-corrected chi connectivity index (χ1v) is 11.5. The van der Waals surface area contributed by atoms with Crippen molar-refractivity contribution in [1.82, 2.24) is 21.2 Å². The predicted octanol–water partition coefficient (Wildman–Crippen LogP) is 3.77. The van der Waals surface area contributed by atoms with E-state index >= 15 is 0 Å². The molecule has 0 aliphatic carbocycles. The molecule has 3 aromatic rings. The molecule has 8 heteroatoms. The second-order valence-corrected chi connectivity index (χ2v) is 8.66. The maximum atomic E-state index is 5.51. The summed E-state index contributed by atoms with van der Waals surface area (Å²) in [5.41, 5.74) is 16.2. The first-order valence-electron chi connectivity index (χ1n) is 11.5. The van der Waals surface area contributed by atoms with Crippen molar-refractivity contribution in [3.05, 3.63) is 94.0 Å². The van der Waals surface area contributed by atoms with Gasteiger partial charge in [-0.3, -0.25) is 5.43 Å². The van der Waals surface area contributed by atoms with Crippen molar-refractivity contribution in [2.45, 2.75) is 26.2 Å². The molecular formula is C27H30N6O2. The SMILES string of the molecule is COc1cccc(C2N=C(c3cccc(C4=NNC(c5cccc(OC)c5C)N4C)c3)NN2)c1C. The van der Waals surface area contributed by atoms with Crippen molar-refractivity contribution in [1.29, 1.82) is 0 Å². The fourth-order valence-electron chi connectivity index (χ4n) is 4.68. The van der Waals surface area contributed by atoms with Gasteiger partial charge in [0, 0.05) is 23.7 Å². The summed E-state index contributed by atoms with van der Waals surface area (Å²) in [7, 11) is 5.42. The van der Waals surface area contributed by atoms with E-state index in [0.717, 1.165) is 56.6 Å². The van der Waals surface area contributed by atoms with E-state index in [9.17, 15) is 0 Å². The van der Waals surface area contributed by atoms with Crippen molar-refractivity contribution in [2.75, 3.05) is 21.3 Å². The molecule has 8 nitrogen and oxygen atoms in total. The molecule has 2 heterocycles.